The number of nitrogens with zero attached hydrogens (tertiary/aromatic N) is 4. The van der Waals surface area contributed by atoms with Crippen molar-refractivity contribution >= 4 is 12.0 Å². The van der Waals surface area contributed by atoms with Crippen LogP contribution in [-0.4, -0.2) is 51.2 Å². The van der Waals surface area contributed by atoms with Gasteiger partial charge in [-0.2, -0.15) is 0 Å². The van der Waals surface area contributed by atoms with E-state index in [4.69, 9.17) is 0 Å². The number of carboxylic acid groups (broad SMARTS) is 1. The van der Waals surface area contributed by atoms with E-state index < -0.39 is 6.09 Å². The van der Waals surface area contributed by atoms with Crippen LogP contribution in [0.3, 0.4) is 0 Å². The molecular formula is C15H22N4O2. The summed E-state index contributed by atoms with van der Waals surface area (Å²) in [4.78, 5) is 24.3. The summed E-state index contributed by atoms with van der Waals surface area (Å²) in [5.74, 6) is 1.13. The van der Waals surface area contributed by atoms with Crippen molar-refractivity contribution in [2.24, 2.45) is 5.92 Å². The first kappa shape index (κ1) is 14.1. The molecule has 2 fully saturated rings. The zero-order valence-electron chi connectivity index (χ0n) is 12.8. The van der Waals surface area contributed by atoms with Crippen LogP contribution in [0, 0.1) is 19.8 Å². The maximum atomic E-state index is 11.4. The standard InChI is InChI=1S/C15H22N4O2/c1-9-7-10(2)17-14(16-9)18-6-4-5-12-11(3)19(15(20)21)8-13(12)18/h7,11-13H,4-6,8H2,1-3H3,(H,20,21). The van der Waals surface area contributed by atoms with Gasteiger partial charge in [-0.1, -0.05) is 0 Å². The van der Waals surface area contributed by atoms with Crippen molar-refractivity contribution in [2.45, 2.75) is 45.7 Å². The summed E-state index contributed by atoms with van der Waals surface area (Å²) in [5.41, 5.74) is 1.92. The van der Waals surface area contributed by atoms with Crippen molar-refractivity contribution in [1.82, 2.24) is 14.9 Å². The lowest BCUT2D eigenvalue weighted by atomic mass is 9.88. The first-order valence-corrected chi connectivity index (χ1v) is 7.56. The second-order valence-corrected chi connectivity index (χ2v) is 6.19. The molecule has 114 valence electrons. The summed E-state index contributed by atoms with van der Waals surface area (Å²) in [7, 11) is 0. The summed E-state index contributed by atoms with van der Waals surface area (Å²) in [6, 6.07) is 2.23. The molecule has 2 aliphatic heterocycles. The lowest BCUT2D eigenvalue weighted by molar-refractivity contribution is 0.138. The third kappa shape index (κ3) is 2.43. The lowest BCUT2D eigenvalue weighted by Gasteiger charge is -2.37. The topological polar surface area (TPSA) is 69.6 Å². The Morgan fingerprint density at radius 2 is 2.00 bits per heavy atom. The molecule has 6 heteroatoms. The average Bonchev–Trinajstić information content (AvgIpc) is 2.75. The van der Waals surface area contributed by atoms with Gasteiger partial charge in [-0.05, 0) is 39.7 Å². The van der Waals surface area contributed by atoms with E-state index in [1.807, 2.05) is 26.8 Å². The fourth-order valence-corrected chi connectivity index (χ4v) is 3.82. The van der Waals surface area contributed by atoms with Crippen LogP contribution in [0.5, 0.6) is 0 Å². The predicted octanol–water partition coefficient (Wildman–Crippen LogP) is 2.06. The molecule has 1 aromatic rings. The molecule has 21 heavy (non-hydrogen) atoms. The summed E-state index contributed by atoms with van der Waals surface area (Å²) in [5, 5.41) is 9.35. The molecule has 0 saturated carbocycles. The normalized spacial score (nSPS) is 28.6. The molecule has 3 heterocycles. The molecule has 6 nitrogen and oxygen atoms in total. The van der Waals surface area contributed by atoms with Crippen LogP contribution in [0.1, 0.15) is 31.2 Å². The highest BCUT2D eigenvalue weighted by Crippen LogP contribution is 2.36. The second-order valence-electron chi connectivity index (χ2n) is 6.19. The van der Waals surface area contributed by atoms with Gasteiger partial charge in [0.15, 0.2) is 0 Å². The molecule has 0 aliphatic carbocycles. The first-order chi connectivity index (χ1) is 9.97. The quantitative estimate of drug-likeness (QED) is 0.857. The highest BCUT2D eigenvalue weighted by Gasteiger charge is 2.46. The molecule has 0 spiro atoms. The number of hydrogen-bond donors (Lipinski definition) is 1. The van der Waals surface area contributed by atoms with E-state index in [1.54, 1.807) is 4.90 Å². The molecule has 3 rings (SSSR count). The van der Waals surface area contributed by atoms with E-state index >= 15 is 0 Å². The van der Waals surface area contributed by atoms with E-state index in [2.05, 4.69) is 14.9 Å². The van der Waals surface area contributed by atoms with Crippen LogP contribution in [0.4, 0.5) is 10.7 Å². The van der Waals surface area contributed by atoms with Crippen molar-refractivity contribution in [3.63, 3.8) is 0 Å². The number of piperidine rings is 1. The van der Waals surface area contributed by atoms with Gasteiger partial charge in [0.25, 0.3) is 0 Å². The smallest absolute Gasteiger partial charge is 0.407 e. The number of carbonyl (C=O) groups is 1. The molecule has 0 aromatic carbocycles. The van der Waals surface area contributed by atoms with Gasteiger partial charge in [0, 0.05) is 36.4 Å². The number of aryl methyl sites for hydroxylation is 2. The van der Waals surface area contributed by atoms with Crippen LogP contribution < -0.4 is 4.90 Å². The molecule has 0 bridgehead atoms. The summed E-state index contributed by atoms with van der Waals surface area (Å²) < 4.78 is 0. The van der Waals surface area contributed by atoms with Crippen LogP contribution >= 0.6 is 0 Å². The third-order valence-corrected chi connectivity index (χ3v) is 4.80. The zero-order chi connectivity index (χ0) is 15.1. The third-order valence-electron chi connectivity index (χ3n) is 4.80. The Kier molecular flexibility index (Phi) is 3.47. The fourth-order valence-electron chi connectivity index (χ4n) is 3.82. The molecule has 2 aliphatic rings. The van der Waals surface area contributed by atoms with Gasteiger partial charge in [-0.15, -0.1) is 0 Å². The van der Waals surface area contributed by atoms with Gasteiger partial charge in [0.2, 0.25) is 5.95 Å². The molecular weight excluding hydrogens is 268 g/mol. The maximum Gasteiger partial charge on any atom is 0.407 e. The number of rotatable bonds is 1. The second kappa shape index (κ2) is 5.16. The molecule has 2 saturated heterocycles. The minimum absolute atomic E-state index is 0.0706. The largest absolute Gasteiger partial charge is 0.465 e. The minimum atomic E-state index is -0.821. The SMILES string of the molecule is Cc1cc(C)nc(N2CCCC3C(C)N(C(=O)O)CC32)n1. The Balaban J connectivity index is 1.91. The van der Waals surface area contributed by atoms with Gasteiger partial charge in [0.1, 0.15) is 0 Å². The van der Waals surface area contributed by atoms with E-state index in [9.17, 15) is 9.90 Å². The number of hydrogen-bond acceptors (Lipinski definition) is 4. The Morgan fingerprint density at radius 1 is 1.33 bits per heavy atom. The van der Waals surface area contributed by atoms with Crippen LogP contribution in [0.25, 0.3) is 0 Å². The molecule has 3 unspecified atom stereocenters. The maximum absolute atomic E-state index is 11.4. The van der Waals surface area contributed by atoms with Crippen LogP contribution in [-0.2, 0) is 0 Å². The van der Waals surface area contributed by atoms with Gasteiger partial charge in [-0.25, -0.2) is 14.8 Å². The number of fused-ring (bicyclic) bond motifs is 1. The molecule has 0 radical (unpaired) electrons. The molecule has 3 atom stereocenters. The monoisotopic (exact) mass is 290 g/mol. The van der Waals surface area contributed by atoms with Crippen molar-refractivity contribution in [2.75, 3.05) is 18.0 Å². The summed E-state index contributed by atoms with van der Waals surface area (Å²) in [6.45, 7) is 7.42. The first-order valence-electron chi connectivity index (χ1n) is 7.56. The number of amides is 1. The number of likely N-dealkylation sites (tertiary alicyclic amines) is 1. The van der Waals surface area contributed by atoms with Crippen LogP contribution in [0.2, 0.25) is 0 Å². The van der Waals surface area contributed by atoms with Gasteiger partial charge >= 0.3 is 6.09 Å². The fraction of sp³-hybridized carbons (Fsp3) is 0.667. The van der Waals surface area contributed by atoms with Crippen LogP contribution in [0.15, 0.2) is 6.07 Å². The van der Waals surface area contributed by atoms with Crippen molar-refractivity contribution in [1.29, 1.82) is 0 Å². The Hall–Kier alpha value is -1.85. The highest BCUT2D eigenvalue weighted by molar-refractivity contribution is 5.66. The average molecular weight is 290 g/mol. The Labute approximate surface area is 124 Å². The van der Waals surface area contributed by atoms with E-state index in [0.717, 1.165) is 36.7 Å². The minimum Gasteiger partial charge on any atom is -0.465 e. The zero-order valence-corrected chi connectivity index (χ0v) is 12.8. The van der Waals surface area contributed by atoms with Crippen molar-refractivity contribution in [3.8, 4) is 0 Å². The summed E-state index contributed by atoms with van der Waals surface area (Å²) in [6.07, 6.45) is 1.32. The van der Waals surface area contributed by atoms with E-state index in [-0.39, 0.29) is 12.1 Å². The molecule has 1 amide bonds. The van der Waals surface area contributed by atoms with Gasteiger partial charge in [0.05, 0.1) is 6.04 Å². The van der Waals surface area contributed by atoms with Crippen molar-refractivity contribution in [3.05, 3.63) is 17.5 Å². The van der Waals surface area contributed by atoms with Crippen molar-refractivity contribution < 1.29 is 9.90 Å². The Morgan fingerprint density at radius 3 is 2.62 bits per heavy atom. The Bertz CT molecular complexity index is 542. The number of anilines is 1. The highest BCUT2D eigenvalue weighted by atomic mass is 16.4. The number of aromatic nitrogens is 2. The van der Waals surface area contributed by atoms with Gasteiger partial charge in [-0.3, -0.25) is 0 Å². The lowest BCUT2D eigenvalue weighted by Crippen LogP contribution is -2.46. The molecule has 1 N–H and O–H groups in total. The summed E-state index contributed by atoms with van der Waals surface area (Å²) >= 11 is 0. The van der Waals surface area contributed by atoms with E-state index in [0.29, 0.717) is 12.5 Å². The predicted molar refractivity (Wildman–Crippen MR) is 79.6 cm³/mol. The van der Waals surface area contributed by atoms with Gasteiger partial charge < -0.3 is 14.9 Å². The molecule has 1 aromatic heterocycles. The van der Waals surface area contributed by atoms with E-state index in [1.165, 1.54) is 0 Å².